The summed E-state index contributed by atoms with van der Waals surface area (Å²) < 4.78 is 17.0. The van der Waals surface area contributed by atoms with E-state index in [1.165, 1.54) is 12.0 Å². The van der Waals surface area contributed by atoms with Crippen molar-refractivity contribution in [3.63, 3.8) is 0 Å². The molecule has 5 nitrogen and oxygen atoms in total. The maximum atomic E-state index is 10.2. The molecule has 1 saturated carbocycles. The lowest BCUT2D eigenvalue weighted by Crippen LogP contribution is -2.51. The number of fused-ring (bicyclic) bond motifs is 6. The summed E-state index contributed by atoms with van der Waals surface area (Å²) in [4.78, 5) is 2.34. The highest BCUT2D eigenvalue weighted by molar-refractivity contribution is 5.79. The average molecular weight is 438 g/mol. The van der Waals surface area contributed by atoms with Crippen LogP contribution in [0.15, 0.2) is 54.5 Å². The molecule has 4 rings (SSSR count). The van der Waals surface area contributed by atoms with Gasteiger partial charge in [0.2, 0.25) is 0 Å². The number of nitrogens with zero attached hydrogens (tertiary/aromatic N) is 1. The molecule has 2 atom stereocenters. The molecule has 2 unspecified atom stereocenters. The van der Waals surface area contributed by atoms with Gasteiger partial charge in [0.05, 0.1) is 13.7 Å². The van der Waals surface area contributed by atoms with Gasteiger partial charge in [-0.05, 0) is 47.6 Å². The molecule has 0 amide bonds. The Balaban J connectivity index is 1.84. The number of ether oxygens (including phenoxy) is 3. The van der Waals surface area contributed by atoms with Gasteiger partial charge in [-0.25, -0.2) is 0 Å². The second-order valence-corrected chi connectivity index (χ2v) is 9.67. The maximum Gasteiger partial charge on any atom is 0.161 e. The van der Waals surface area contributed by atoms with Crippen molar-refractivity contribution in [2.75, 3.05) is 27.4 Å². The van der Waals surface area contributed by atoms with E-state index in [4.69, 9.17) is 14.2 Å². The summed E-state index contributed by atoms with van der Waals surface area (Å²) in [5.41, 5.74) is 5.11. The van der Waals surface area contributed by atoms with E-state index in [0.717, 1.165) is 47.6 Å². The molecule has 1 aromatic rings. The Morgan fingerprint density at radius 2 is 2.00 bits per heavy atom. The summed E-state index contributed by atoms with van der Waals surface area (Å²) in [6.45, 7) is 13.9. The van der Waals surface area contributed by atoms with Gasteiger partial charge in [0, 0.05) is 55.1 Å². The zero-order chi connectivity index (χ0) is 23.0. The lowest BCUT2D eigenvalue weighted by molar-refractivity contribution is 0.0888. The molecule has 0 radical (unpaired) electrons. The predicted molar refractivity (Wildman–Crippen MR) is 128 cm³/mol. The second-order valence-electron chi connectivity index (χ2n) is 9.67. The van der Waals surface area contributed by atoms with Crippen molar-refractivity contribution in [2.24, 2.45) is 5.41 Å². The van der Waals surface area contributed by atoms with Crippen molar-refractivity contribution >= 4 is 5.70 Å². The van der Waals surface area contributed by atoms with Gasteiger partial charge in [0.1, 0.15) is 5.76 Å². The fourth-order valence-electron chi connectivity index (χ4n) is 5.60. The maximum absolute atomic E-state index is 10.2. The van der Waals surface area contributed by atoms with E-state index in [0.29, 0.717) is 24.7 Å². The average Bonchev–Trinajstić information content (AvgIpc) is 2.75. The number of hydrogen-bond donors (Lipinski definition) is 1. The molecule has 1 fully saturated rings. The summed E-state index contributed by atoms with van der Waals surface area (Å²) in [7, 11) is 3.38. The van der Waals surface area contributed by atoms with Crippen LogP contribution in [0.1, 0.15) is 56.6 Å². The number of rotatable bonds is 7. The van der Waals surface area contributed by atoms with E-state index in [1.54, 1.807) is 14.2 Å². The number of aliphatic hydroxyl groups excluding tert-OH is 1. The topological polar surface area (TPSA) is 51.2 Å². The van der Waals surface area contributed by atoms with Crippen LogP contribution in [-0.2, 0) is 4.74 Å². The first-order chi connectivity index (χ1) is 15.3. The normalized spacial score (nSPS) is 23.4. The quantitative estimate of drug-likeness (QED) is 0.422. The van der Waals surface area contributed by atoms with Crippen molar-refractivity contribution < 1.29 is 19.3 Å². The number of hydrogen-bond acceptors (Lipinski definition) is 5. The van der Waals surface area contributed by atoms with Crippen LogP contribution in [0.25, 0.3) is 5.70 Å². The zero-order valence-electron chi connectivity index (χ0n) is 19.7. The van der Waals surface area contributed by atoms with Gasteiger partial charge in [-0.15, -0.1) is 0 Å². The molecule has 1 aromatic carbocycles. The Kier molecular flexibility index (Phi) is 6.13. The Morgan fingerprint density at radius 1 is 1.22 bits per heavy atom. The lowest BCUT2D eigenvalue weighted by Gasteiger charge is -2.54. The van der Waals surface area contributed by atoms with Crippen LogP contribution in [0.5, 0.6) is 11.5 Å². The van der Waals surface area contributed by atoms with Gasteiger partial charge in [0.25, 0.3) is 0 Å². The van der Waals surface area contributed by atoms with Crippen molar-refractivity contribution in [3.05, 3.63) is 65.6 Å². The van der Waals surface area contributed by atoms with Crippen LogP contribution >= 0.6 is 0 Å². The summed E-state index contributed by atoms with van der Waals surface area (Å²) >= 11 is 0. The molecule has 172 valence electrons. The highest BCUT2D eigenvalue weighted by Crippen LogP contribution is 2.56. The highest BCUT2D eigenvalue weighted by atomic mass is 16.5. The van der Waals surface area contributed by atoms with Gasteiger partial charge >= 0.3 is 0 Å². The molecule has 0 aromatic heterocycles. The van der Waals surface area contributed by atoms with E-state index in [9.17, 15) is 5.11 Å². The predicted octanol–water partition coefficient (Wildman–Crippen LogP) is 5.95. The Hall–Kier alpha value is -2.66. The highest BCUT2D eigenvalue weighted by Gasteiger charge is 2.48. The molecule has 0 spiro atoms. The minimum absolute atomic E-state index is 0.0543. The smallest absolute Gasteiger partial charge is 0.161 e. The van der Waals surface area contributed by atoms with E-state index in [2.05, 4.69) is 50.1 Å². The third-order valence-corrected chi connectivity index (χ3v) is 7.09. The van der Waals surface area contributed by atoms with Crippen LogP contribution < -0.4 is 9.47 Å². The molecule has 2 aliphatic heterocycles. The first-order valence-corrected chi connectivity index (χ1v) is 11.4. The van der Waals surface area contributed by atoms with E-state index < -0.39 is 0 Å². The van der Waals surface area contributed by atoms with E-state index in [1.807, 2.05) is 6.20 Å². The molecule has 0 bridgehead atoms. The zero-order valence-corrected chi connectivity index (χ0v) is 19.7. The van der Waals surface area contributed by atoms with Crippen molar-refractivity contribution in [3.8, 4) is 11.5 Å². The third kappa shape index (κ3) is 3.83. The van der Waals surface area contributed by atoms with Gasteiger partial charge in [-0.3, -0.25) is 0 Å². The van der Waals surface area contributed by atoms with Crippen LogP contribution in [0, 0.1) is 5.41 Å². The molecule has 2 heterocycles. The number of aliphatic hydroxyl groups is 1. The third-order valence-electron chi connectivity index (χ3n) is 7.09. The minimum atomic E-state index is 0.0543. The fourth-order valence-corrected chi connectivity index (χ4v) is 5.60. The van der Waals surface area contributed by atoms with E-state index in [-0.39, 0.29) is 17.2 Å². The largest absolute Gasteiger partial charge is 0.508 e. The van der Waals surface area contributed by atoms with Crippen molar-refractivity contribution in [1.29, 1.82) is 0 Å². The molecular weight excluding hydrogens is 402 g/mol. The number of allylic oxidation sites excluding steroid dienone is 2. The minimum Gasteiger partial charge on any atom is -0.508 e. The standard InChI is InChI=1S/C27H35NO4/c1-17-13-23-21-15-24(31-6)25(32-12-8-11-30-5)14-20(21)19-9-7-10-27(3,4)26(19)28(23)16-22(17)18(2)29/h13-16,19,26,29H,1-2,7-12H2,3-6H3. The van der Waals surface area contributed by atoms with Crippen LogP contribution in [0.3, 0.4) is 0 Å². The van der Waals surface area contributed by atoms with Gasteiger partial charge in [-0.2, -0.15) is 0 Å². The SMILES string of the molecule is C=C(O)C1=CN2C(=CC1=C)c1cc(OC)c(OCCCOC)cc1C1CCCC(C)(C)C12. The van der Waals surface area contributed by atoms with Crippen LogP contribution in [-0.4, -0.2) is 43.5 Å². The molecule has 0 saturated heterocycles. The van der Waals surface area contributed by atoms with Crippen molar-refractivity contribution in [1.82, 2.24) is 4.90 Å². The molecule has 32 heavy (non-hydrogen) atoms. The first kappa shape index (κ1) is 22.5. The number of methoxy groups -OCH3 is 2. The Morgan fingerprint density at radius 3 is 2.69 bits per heavy atom. The summed E-state index contributed by atoms with van der Waals surface area (Å²) in [6, 6.07) is 4.55. The molecular formula is C27H35NO4. The second kappa shape index (κ2) is 8.70. The Bertz CT molecular complexity index is 988. The Labute approximate surface area is 191 Å². The van der Waals surface area contributed by atoms with Crippen LogP contribution in [0.4, 0.5) is 0 Å². The number of benzene rings is 1. The van der Waals surface area contributed by atoms with E-state index >= 15 is 0 Å². The van der Waals surface area contributed by atoms with Gasteiger partial charge in [-0.1, -0.05) is 33.4 Å². The first-order valence-electron chi connectivity index (χ1n) is 11.4. The monoisotopic (exact) mass is 437 g/mol. The molecule has 3 aliphatic rings. The molecule has 5 heteroatoms. The van der Waals surface area contributed by atoms with Crippen LogP contribution in [0.2, 0.25) is 0 Å². The molecule has 1 aliphatic carbocycles. The summed E-state index contributed by atoms with van der Waals surface area (Å²) in [5.74, 6) is 1.92. The lowest BCUT2D eigenvalue weighted by atomic mass is 9.62. The van der Waals surface area contributed by atoms with Gasteiger partial charge < -0.3 is 24.2 Å². The van der Waals surface area contributed by atoms with Crippen molar-refractivity contribution in [2.45, 2.75) is 51.5 Å². The summed E-state index contributed by atoms with van der Waals surface area (Å²) in [5, 5.41) is 10.2. The summed E-state index contributed by atoms with van der Waals surface area (Å²) in [6.07, 6.45) is 8.39. The fraction of sp³-hybridized carbons (Fsp3) is 0.481. The molecule has 1 N–H and O–H groups in total. The van der Waals surface area contributed by atoms with Gasteiger partial charge in [0.15, 0.2) is 11.5 Å².